The molecule has 4 heteroatoms. The molecule has 20 heavy (non-hydrogen) atoms. The lowest BCUT2D eigenvalue weighted by molar-refractivity contribution is 0.268. The monoisotopic (exact) mass is 273 g/mol. The van der Waals surface area contributed by atoms with Crippen LogP contribution in [0.2, 0.25) is 0 Å². The smallest absolute Gasteiger partial charge is 0.125 e. The lowest BCUT2D eigenvalue weighted by atomic mass is 10.1. The molecule has 0 bridgehead atoms. The summed E-state index contributed by atoms with van der Waals surface area (Å²) in [5, 5.41) is 4.42. The zero-order valence-electron chi connectivity index (χ0n) is 12.7. The predicted octanol–water partition coefficient (Wildman–Crippen LogP) is 2.52. The molecule has 1 heterocycles. The Bertz CT molecular complexity index is 569. The normalized spacial score (nSPS) is 12.4. The van der Waals surface area contributed by atoms with Gasteiger partial charge in [-0.2, -0.15) is 5.10 Å². The highest BCUT2D eigenvalue weighted by Crippen LogP contribution is 2.22. The van der Waals surface area contributed by atoms with Crippen LogP contribution in [0.25, 0.3) is 0 Å². The Balaban J connectivity index is 1.95. The summed E-state index contributed by atoms with van der Waals surface area (Å²) >= 11 is 0. The van der Waals surface area contributed by atoms with E-state index >= 15 is 0 Å². The van der Waals surface area contributed by atoms with Gasteiger partial charge < -0.3 is 10.5 Å². The number of ether oxygens (including phenoxy) is 1. The van der Waals surface area contributed by atoms with E-state index in [1.165, 1.54) is 0 Å². The molecule has 4 nitrogen and oxygen atoms in total. The zero-order valence-corrected chi connectivity index (χ0v) is 12.7. The minimum absolute atomic E-state index is 0.0768. The highest BCUT2D eigenvalue weighted by Gasteiger charge is 2.10. The maximum absolute atomic E-state index is 6.15. The molecule has 108 valence electrons. The highest BCUT2D eigenvalue weighted by atomic mass is 16.5. The Morgan fingerprint density at radius 3 is 2.40 bits per heavy atom. The van der Waals surface area contributed by atoms with Crippen LogP contribution in [0, 0.1) is 27.7 Å². The number of nitrogens with two attached hydrogens (primary N) is 1. The second-order valence-electron chi connectivity index (χ2n) is 5.40. The van der Waals surface area contributed by atoms with Gasteiger partial charge >= 0.3 is 0 Å². The summed E-state index contributed by atoms with van der Waals surface area (Å²) in [6.07, 6.45) is 0. The van der Waals surface area contributed by atoms with Gasteiger partial charge in [0.25, 0.3) is 0 Å². The molecule has 0 aliphatic heterocycles. The molecule has 0 saturated carbocycles. The summed E-state index contributed by atoms with van der Waals surface area (Å²) in [5.74, 6) is 0.941. The number of hydrogen-bond acceptors (Lipinski definition) is 3. The van der Waals surface area contributed by atoms with Crippen LogP contribution in [0.1, 0.15) is 22.5 Å². The standard InChI is InChI=1S/C16H23N3O/c1-11-6-5-7-12(2)16(11)20-10-15(17)9-19-14(4)8-13(3)18-19/h5-8,15H,9-10,17H2,1-4H3. The summed E-state index contributed by atoms with van der Waals surface area (Å²) < 4.78 is 7.82. The topological polar surface area (TPSA) is 53.1 Å². The number of hydrogen-bond donors (Lipinski definition) is 1. The van der Waals surface area contributed by atoms with Gasteiger partial charge in [-0.1, -0.05) is 18.2 Å². The summed E-state index contributed by atoms with van der Waals surface area (Å²) in [6, 6.07) is 8.11. The van der Waals surface area contributed by atoms with Gasteiger partial charge in [-0.3, -0.25) is 4.68 Å². The Morgan fingerprint density at radius 2 is 1.85 bits per heavy atom. The first-order chi connectivity index (χ1) is 9.47. The molecule has 2 rings (SSSR count). The predicted molar refractivity (Wildman–Crippen MR) is 81.1 cm³/mol. The summed E-state index contributed by atoms with van der Waals surface area (Å²) in [5.41, 5.74) is 10.6. The molecule has 0 aliphatic carbocycles. The maximum atomic E-state index is 6.15. The fraction of sp³-hybridized carbons (Fsp3) is 0.438. The quantitative estimate of drug-likeness (QED) is 0.910. The summed E-state index contributed by atoms with van der Waals surface area (Å²) in [4.78, 5) is 0. The first-order valence-corrected chi connectivity index (χ1v) is 6.93. The summed E-state index contributed by atoms with van der Waals surface area (Å²) in [6.45, 7) is 9.29. The number of aromatic nitrogens is 2. The number of benzene rings is 1. The van der Waals surface area contributed by atoms with Gasteiger partial charge in [0.15, 0.2) is 0 Å². The third-order valence-corrected chi connectivity index (χ3v) is 3.36. The van der Waals surface area contributed by atoms with Crippen molar-refractivity contribution < 1.29 is 4.74 Å². The molecule has 1 aromatic heterocycles. The van der Waals surface area contributed by atoms with E-state index in [1.807, 2.05) is 24.6 Å². The van der Waals surface area contributed by atoms with Crippen molar-refractivity contribution in [1.82, 2.24) is 9.78 Å². The third kappa shape index (κ3) is 3.39. The zero-order chi connectivity index (χ0) is 14.7. The number of para-hydroxylation sites is 1. The van der Waals surface area contributed by atoms with Gasteiger partial charge in [-0.15, -0.1) is 0 Å². The van der Waals surface area contributed by atoms with E-state index < -0.39 is 0 Å². The van der Waals surface area contributed by atoms with Crippen LogP contribution in [-0.2, 0) is 6.54 Å². The maximum Gasteiger partial charge on any atom is 0.125 e. The molecule has 1 aromatic carbocycles. The molecule has 0 spiro atoms. The number of aryl methyl sites for hydroxylation is 4. The van der Waals surface area contributed by atoms with Crippen molar-refractivity contribution in [1.29, 1.82) is 0 Å². The fourth-order valence-electron chi connectivity index (χ4n) is 2.35. The van der Waals surface area contributed by atoms with E-state index in [9.17, 15) is 0 Å². The van der Waals surface area contributed by atoms with Gasteiger partial charge in [0.05, 0.1) is 18.3 Å². The van der Waals surface area contributed by atoms with Crippen molar-refractivity contribution in [2.24, 2.45) is 5.73 Å². The molecule has 2 aromatic rings. The lowest BCUT2D eigenvalue weighted by Crippen LogP contribution is -2.33. The Labute approximate surface area is 120 Å². The fourth-order valence-corrected chi connectivity index (χ4v) is 2.35. The van der Waals surface area contributed by atoms with Gasteiger partial charge in [0.2, 0.25) is 0 Å². The second kappa shape index (κ2) is 6.09. The van der Waals surface area contributed by atoms with E-state index in [0.29, 0.717) is 13.2 Å². The van der Waals surface area contributed by atoms with Crippen LogP contribution in [0.3, 0.4) is 0 Å². The van der Waals surface area contributed by atoms with Gasteiger partial charge in [0.1, 0.15) is 12.4 Å². The van der Waals surface area contributed by atoms with E-state index in [0.717, 1.165) is 28.3 Å². The summed E-state index contributed by atoms with van der Waals surface area (Å²) in [7, 11) is 0. The molecular formula is C16H23N3O. The van der Waals surface area contributed by atoms with Crippen molar-refractivity contribution in [3.63, 3.8) is 0 Å². The SMILES string of the molecule is Cc1cc(C)n(CC(N)COc2c(C)cccc2C)n1. The Kier molecular flexibility index (Phi) is 4.45. The molecule has 0 aliphatic rings. The minimum atomic E-state index is -0.0768. The third-order valence-electron chi connectivity index (χ3n) is 3.36. The van der Waals surface area contributed by atoms with E-state index in [2.05, 4.69) is 37.1 Å². The van der Waals surface area contributed by atoms with Crippen LogP contribution in [0.4, 0.5) is 0 Å². The Morgan fingerprint density at radius 1 is 1.20 bits per heavy atom. The molecular weight excluding hydrogens is 250 g/mol. The average molecular weight is 273 g/mol. The van der Waals surface area contributed by atoms with Crippen molar-refractivity contribution in [3.8, 4) is 5.75 Å². The first-order valence-electron chi connectivity index (χ1n) is 6.93. The number of rotatable bonds is 5. The van der Waals surface area contributed by atoms with Crippen molar-refractivity contribution >= 4 is 0 Å². The average Bonchev–Trinajstić information content (AvgIpc) is 2.67. The molecule has 1 unspecified atom stereocenters. The molecule has 2 N–H and O–H groups in total. The van der Waals surface area contributed by atoms with Crippen LogP contribution in [0.5, 0.6) is 5.75 Å². The highest BCUT2D eigenvalue weighted by molar-refractivity contribution is 5.39. The van der Waals surface area contributed by atoms with Gasteiger partial charge in [-0.25, -0.2) is 0 Å². The molecule has 0 fully saturated rings. The van der Waals surface area contributed by atoms with Crippen molar-refractivity contribution in [2.75, 3.05) is 6.61 Å². The van der Waals surface area contributed by atoms with E-state index in [4.69, 9.17) is 10.5 Å². The number of nitrogens with zero attached hydrogens (tertiary/aromatic N) is 2. The first kappa shape index (κ1) is 14.6. The van der Waals surface area contributed by atoms with Crippen LogP contribution >= 0.6 is 0 Å². The van der Waals surface area contributed by atoms with Crippen LogP contribution in [0.15, 0.2) is 24.3 Å². The largest absolute Gasteiger partial charge is 0.491 e. The minimum Gasteiger partial charge on any atom is -0.491 e. The van der Waals surface area contributed by atoms with Crippen LogP contribution < -0.4 is 10.5 Å². The van der Waals surface area contributed by atoms with Crippen molar-refractivity contribution in [2.45, 2.75) is 40.3 Å². The molecule has 0 saturated heterocycles. The Hall–Kier alpha value is -1.81. The van der Waals surface area contributed by atoms with E-state index in [1.54, 1.807) is 0 Å². The molecule has 1 atom stereocenters. The van der Waals surface area contributed by atoms with Gasteiger partial charge in [-0.05, 0) is 44.9 Å². The second-order valence-corrected chi connectivity index (χ2v) is 5.40. The molecule has 0 amide bonds. The molecule has 0 radical (unpaired) electrons. The van der Waals surface area contributed by atoms with E-state index in [-0.39, 0.29) is 6.04 Å². The lowest BCUT2D eigenvalue weighted by Gasteiger charge is -2.17. The van der Waals surface area contributed by atoms with Crippen LogP contribution in [-0.4, -0.2) is 22.4 Å². The van der Waals surface area contributed by atoms with Gasteiger partial charge in [0, 0.05) is 5.69 Å². The van der Waals surface area contributed by atoms with Crippen molar-refractivity contribution in [3.05, 3.63) is 46.8 Å².